The molecule has 0 heterocycles. The average Bonchev–Trinajstić information content (AvgIpc) is 1.82. The number of hydrazine groups is 1. The largest absolute Gasteiger partial charge is 0.370 e. The van der Waals surface area contributed by atoms with Crippen LogP contribution < -0.4 is 5.73 Å². The van der Waals surface area contributed by atoms with Gasteiger partial charge in [-0.15, -0.1) is 0 Å². The van der Waals surface area contributed by atoms with Crippen molar-refractivity contribution < 1.29 is 4.79 Å². The molecule has 0 saturated carbocycles. The fourth-order valence-corrected chi connectivity index (χ4v) is 0.472. The number of carbonyl (C=O) groups is 1. The van der Waals surface area contributed by atoms with Gasteiger partial charge in [0.1, 0.15) is 0 Å². The standard InChI is InChI=1S/C6H15N3O/c1-8(2)9(3)5-4-6(7)10/h4-5H2,1-3H3,(H2,7,10). The summed E-state index contributed by atoms with van der Waals surface area (Å²) in [6.07, 6.45) is 0.411. The lowest BCUT2D eigenvalue weighted by atomic mass is 10.4. The third-order valence-electron chi connectivity index (χ3n) is 1.36. The Labute approximate surface area is 61.6 Å². The van der Waals surface area contributed by atoms with E-state index in [1.54, 1.807) is 0 Å². The van der Waals surface area contributed by atoms with E-state index in [0.29, 0.717) is 13.0 Å². The first-order valence-electron chi connectivity index (χ1n) is 3.20. The molecule has 0 bridgehead atoms. The lowest BCUT2D eigenvalue weighted by Gasteiger charge is -2.23. The van der Waals surface area contributed by atoms with Crippen molar-refractivity contribution in [1.82, 2.24) is 10.0 Å². The van der Waals surface area contributed by atoms with Crippen LogP contribution in [0, 0.1) is 0 Å². The van der Waals surface area contributed by atoms with Gasteiger partial charge in [0, 0.05) is 34.1 Å². The molecule has 0 aliphatic rings. The number of nitrogens with zero attached hydrogens (tertiary/aromatic N) is 2. The normalized spacial score (nSPS) is 10.9. The molecule has 0 fully saturated rings. The monoisotopic (exact) mass is 145 g/mol. The van der Waals surface area contributed by atoms with Gasteiger partial charge in [0.15, 0.2) is 0 Å². The Balaban J connectivity index is 3.39. The smallest absolute Gasteiger partial charge is 0.218 e. The molecule has 4 nitrogen and oxygen atoms in total. The fraction of sp³-hybridized carbons (Fsp3) is 0.833. The molecule has 4 heteroatoms. The summed E-state index contributed by atoms with van der Waals surface area (Å²) < 4.78 is 0. The van der Waals surface area contributed by atoms with Crippen molar-refractivity contribution in [1.29, 1.82) is 0 Å². The molecule has 0 aromatic carbocycles. The maximum Gasteiger partial charge on any atom is 0.218 e. The highest BCUT2D eigenvalue weighted by Gasteiger charge is 2.01. The topological polar surface area (TPSA) is 49.6 Å². The van der Waals surface area contributed by atoms with E-state index in [4.69, 9.17) is 5.73 Å². The van der Waals surface area contributed by atoms with E-state index in [-0.39, 0.29) is 5.91 Å². The van der Waals surface area contributed by atoms with Gasteiger partial charge in [-0.05, 0) is 0 Å². The van der Waals surface area contributed by atoms with E-state index in [2.05, 4.69) is 0 Å². The third kappa shape index (κ3) is 4.29. The van der Waals surface area contributed by atoms with Crippen LogP contribution in [0.2, 0.25) is 0 Å². The summed E-state index contributed by atoms with van der Waals surface area (Å²) in [4.78, 5) is 10.3. The van der Waals surface area contributed by atoms with E-state index in [0.717, 1.165) is 0 Å². The highest BCUT2D eigenvalue weighted by Crippen LogP contribution is 1.87. The summed E-state index contributed by atoms with van der Waals surface area (Å²) in [5.74, 6) is -0.256. The molecule has 0 aliphatic heterocycles. The molecule has 0 spiro atoms. The minimum atomic E-state index is -0.256. The van der Waals surface area contributed by atoms with Crippen molar-refractivity contribution in [3.63, 3.8) is 0 Å². The number of rotatable bonds is 4. The van der Waals surface area contributed by atoms with E-state index < -0.39 is 0 Å². The first kappa shape index (κ1) is 9.39. The number of primary amides is 1. The average molecular weight is 145 g/mol. The van der Waals surface area contributed by atoms with Crippen molar-refractivity contribution in [3.05, 3.63) is 0 Å². The first-order chi connectivity index (χ1) is 4.54. The molecular weight excluding hydrogens is 130 g/mol. The molecule has 0 radical (unpaired) electrons. The second-order valence-corrected chi connectivity index (χ2v) is 2.44. The minimum absolute atomic E-state index is 0.256. The Bertz CT molecular complexity index is 114. The number of nitrogens with two attached hydrogens (primary N) is 1. The van der Waals surface area contributed by atoms with Crippen LogP contribution in [0.3, 0.4) is 0 Å². The van der Waals surface area contributed by atoms with Gasteiger partial charge in [0.2, 0.25) is 5.91 Å². The Morgan fingerprint density at radius 2 is 1.90 bits per heavy atom. The van der Waals surface area contributed by atoms with Crippen LogP contribution in [-0.4, -0.2) is 43.6 Å². The van der Waals surface area contributed by atoms with Gasteiger partial charge in [0.05, 0.1) is 0 Å². The van der Waals surface area contributed by atoms with Crippen LogP contribution in [0.1, 0.15) is 6.42 Å². The van der Waals surface area contributed by atoms with Crippen LogP contribution in [-0.2, 0) is 4.79 Å². The van der Waals surface area contributed by atoms with Gasteiger partial charge in [-0.2, -0.15) is 0 Å². The molecule has 2 N–H and O–H groups in total. The quantitative estimate of drug-likeness (QED) is 0.531. The second-order valence-electron chi connectivity index (χ2n) is 2.44. The molecule has 0 atom stereocenters. The molecule has 0 rings (SSSR count). The van der Waals surface area contributed by atoms with Crippen molar-refractivity contribution >= 4 is 5.91 Å². The predicted molar refractivity (Wildman–Crippen MR) is 40.1 cm³/mol. The lowest BCUT2D eigenvalue weighted by molar-refractivity contribution is -0.119. The number of hydrogen-bond donors (Lipinski definition) is 1. The van der Waals surface area contributed by atoms with E-state index in [1.165, 1.54) is 0 Å². The zero-order chi connectivity index (χ0) is 8.15. The Morgan fingerprint density at radius 1 is 1.40 bits per heavy atom. The molecule has 0 aromatic rings. The summed E-state index contributed by atoms with van der Waals surface area (Å²) in [5.41, 5.74) is 4.96. The maximum absolute atomic E-state index is 10.3. The Morgan fingerprint density at radius 3 is 2.20 bits per heavy atom. The SMILES string of the molecule is CN(C)N(C)CCC(N)=O. The number of hydrogen-bond acceptors (Lipinski definition) is 3. The third-order valence-corrected chi connectivity index (χ3v) is 1.36. The number of amides is 1. The Hall–Kier alpha value is -0.610. The minimum Gasteiger partial charge on any atom is -0.370 e. The predicted octanol–water partition coefficient (Wildman–Crippen LogP) is -0.730. The van der Waals surface area contributed by atoms with Gasteiger partial charge in [0.25, 0.3) is 0 Å². The summed E-state index contributed by atoms with van der Waals surface area (Å²) in [6, 6.07) is 0. The van der Waals surface area contributed by atoms with Crippen molar-refractivity contribution in [2.75, 3.05) is 27.7 Å². The zero-order valence-electron chi connectivity index (χ0n) is 6.79. The van der Waals surface area contributed by atoms with Crippen LogP contribution >= 0.6 is 0 Å². The molecule has 0 aromatic heterocycles. The van der Waals surface area contributed by atoms with Gasteiger partial charge in [-0.1, -0.05) is 0 Å². The highest BCUT2D eigenvalue weighted by molar-refractivity contribution is 5.73. The van der Waals surface area contributed by atoms with Crippen molar-refractivity contribution in [2.45, 2.75) is 6.42 Å². The molecule has 0 aliphatic carbocycles. The summed E-state index contributed by atoms with van der Waals surface area (Å²) in [6.45, 7) is 0.683. The van der Waals surface area contributed by atoms with E-state index in [1.807, 2.05) is 31.2 Å². The van der Waals surface area contributed by atoms with Crippen LogP contribution in [0.15, 0.2) is 0 Å². The van der Waals surface area contributed by atoms with E-state index >= 15 is 0 Å². The van der Waals surface area contributed by atoms with Crippen molar-refractivity contribution in [3.8, 4) is 0 Å². The highest BCUT2D eigenvalue weighted by atomic mass is 16.1. The summed E-state index contributed by atoms with van der Waals surface area (Å²) in [5, 5.41) is 3.83. The fourth-order valence-electron chi connectivity index (χ4n) is 0.472. The Kier molecular flexibility index (Phi) is 3.99. The number of carbonyl (C=O) groups excluding carboxylic acids is 1. The van der Waals surface area contributed by atoms with Gasteiger partial charge >= 0.3 is 0 Å². The van der Waals surface area contributed by atoms with Crippen LogP contribution in [0.5, 0.6) is 0 Å². The lowest BCUT2D eigenvalue weighted by Crippen LogP contribution is -2.35. The second kappa shape index (κ2) is 4.24. The van der Waals surface area contributed by atoms with Gasteiger partial charge in [-0.25, -0.2) is 10.0 Å². The van der Waals surface area contributed by atoms with Gasteiger partial charge < -0.3 is 5.73 Å². The molecule has 0 unspecified atom stereocenters. The molecule has 0 saturated heterocycles. The van der Waals surface area contributed by atoms with Crippen LogP contribution in [0.4, 0.5) is 0 Å². The maximum atomic E-state index is 10.3. The summed E-state index contributed by atoms with van der Waals surface area (Å²) in [7, 11) is 5.74. The zero-order valence-corrected chi connectivity index (χ0v) is 6.79. The van der Waals surface area contributed by atoms with Crippen molar-refractivity contribution in [2.24, 2.45) is 5.73 Å². The van der Waals surface area contributed by atoms with Crippen LogP contribution in [0.25, 0.3) is 0 Å². The summed E-state index contributed by atoms with van der Waals surface area (Å²) >= 11 is 0. The first-order valence-corrected chi connectivity index (χ1v) is 3.20. The molecule has 60 valence electrons. The van der Waals surface area contributed by atoms with E-state index in [9.17, 15) is 4.79 Å². The van der Waals surface area contributed by atoms with Gasteiger partial charge in [-0.3, -0.25) is 4.79 Å². The molecule has 10 heavy (non-hydrogen) atoms. The molecular formula is C6H15N3O. The molecule has 1 amide bonds.